The van der Waals surface area contributed by atoms with Gasteiger partial charge < -0.3 is 5.32 Å². The van der Waals surface area contributed by atoms with Gasteiger partial charge in [0.25, 0.3) is 5.56 Å². The highest BCUT2D eigenvalue weighted by Gasteiger charge is 2.21. The molecule has 0 saturated carbocycles. The van der Waals surface area contributed by atoms with Crippen LogP contribution in [-0.2, 0) is 19.9 Å². The van der Waals surface area contributed by atoms with Gasteiger partial charge in [0, 0.05) is 22.6 Å². The minimum Gasteiger partial charge on any atom is -0.325 e. The number of benzene rings is 1. The molecule has 6 heteroatoms. The first-order valence-corrected chi connectivity index (χ1v) is 8.87. The minimum absolute atomic E-state index is 0.0268. The van der Waals surface area contributed by atoms with Crippen molar-refractivity contribution in [3.63, 3.8) is 0 Å². The Labute approximate surface area is 142 Å². The van der Waals surface area contributed by atoms with Gasteiger partial charge in [0.1, 0.15) is 4.83 Å². The van der Waals surface area contributed by atoms with Crippen LogP contribution < -0.4 is 10.9 Å². The van der Waals surface area contributed by atoms with Crippen molar-refractivity contribution in [1.29, 1.82) is 0 Å². The van der Waals surface area contributed by atoms with E-state index in [-0.39, 0.29) is 5.56 Å². The van der Waals surface area contributed by atoms with E-state index in [0.29, 0.717) is 11.0 Å². The van der Waals surface area contributed by atoms with E-state index in [1.54, 1.807) is 23.0 Å². The van der Waals surface area contributed by atoms with Crippen molar-refractivity contribution in [3.8, 4) is 0 Å². The molecule has 0 radical (unpaired) electrons. The Balaban J connectivity index is 1.85. The Bertz CT molecular complexity index is 960. The number of halogens is 1. The number of anilines is 2. The Morgan fingerprint density at radius 1 is 1.30 bits per heavy atom. The quantitative estimate of drug-likeness (QED) is 0.754. The maximum atomic E-state index is 12.8. The average Bonchev–Trinajstić information content (AvgIpc) is 2.90. The van der Waals surface area contributed by atoms with Crippen LogP contribution in [0.1, 0.15) is 23.3 Å². The van der Waals surface area contributed by atoms with E-state index in [9.17, 15) is 4.79 Å². The van der Waals surface area contributed by atoms with Gasteiger partial charge in [-0.1, -0.05) is 17.7 Å². The predicted molar refractivity (Wildman–Crippen MR) is 96.2 cm³/mol. The zero-order valence-corrected chi connectivity index (χ0v) is 14.3. The van der Waals surface area contributed by atoms with E-state index in [1.807, 2.05) is 24.3 Å². The fraction of sp³-hybridized carbons (Fsp3) is 0.294. The van der Waals surface area contributed by atoms with Gasteiger partial charge in [0.05, 0.1) is 5.39 Å². The van der Waals surface area contributed by atoms with Crippen molar-refractivity contribution in [2.45, 2.75) is 25.7 Å². The van der Waals surface area contributed by atoms with Crippen LogP contribution in [0.25, 0.3) is 10.2 Å². The monoisotopic (exact) mass is 345 g/mol. The summed E-state index contributed by atoms with van der Waals surface area (Å²) in [5, 5.41) is 4.66. The second kappa shape index (κ2) is 5.65. The molecule has 0 spiro atoms. The minimum atomic E-state index is 0.0268. The van der Waals surface area contributed by atoms with Gasteiger partial charge in [0.15, 0.2) is 0 Å². The van der Waals surface area contributed by atoms with Crippen molar-refractivity contribution in [3.05, 3.63) is 50.1 Å². The molecule has 4 nitrogen and oxygen atoms in total. The molecule has 4 rings (SSSR count). The zero-order chi connectivity index (χ0) is 16.0. The first kappa shape index (κ1) is 14.7. The van der Waals surface area contributed by atoms with Crippen molar-refractivity contribution in [2.24, 2.45) is 7.05 Å². The molecule has 1 aliphatic carbocycles. The number of hydrogen-bond donors (Lipinski definition) is 1. The molecule has 3 aromatic rings. The third-order valence-corrected chi connectivity index (χ3v) is 5.70. The number of aryl methyl sites for hydroxylation is 2. The molecule has 0 bridgehead atoms. The standard InChI is InChI=1S/C17H16ClN3OS/c1-21-16(22)14-12-7-2-3-8-13(12)23-15(14)20-17(21)19-11-6-4-5-10(18)9-11/h4-6,9H,2-3,7-8H2,1H3,(H,19,20). The van der Waals surface area contributed by atoms with E-state index in [4.69, 9.17) is 16.6 Å². The summed E-state index contributed by atoms with van der Waals surface area (Å²) in [5.74, 6) is 0.545. The van der Waals surface area contributed by atoms with Crippen molar-refractivity contribution in [2.75, 3.05) is 5.32 Å². The first-order valence-electron chi connectivity index (χ1n) is 7.67. The maximum absolute atomic E-state index is 12.8. The van der Waals surface area contributed by atoms with Crippen molar-refractivity contribution < 1.29 is 0 Å². The smallest absolute Gasteiger partial charge is 0.263 e. The zero-order valence-electron chi connectivity index (χ0n) is 12.7. The highest BCUT2D eigenvalue weighted by molar-refractivity contribution is 7.18. The number of hydrogen-bond acceptors (Lipinski definition) is 4. The molecule has 2 aromatic heterocycles. The van der Waals surface area contributed by atoms with Crippen LogP contribution in [0.3, 0.4) is 0 Å². The van der Waals surface area contributed by atoms with E-state index in [2.05, 4.69) is 5.32 Å². The van der Waals surface area contributed by atoms with Crippen LogP contribution in [0.2, 0.25) is 5.02 Å². The van der Waals surface area contributed by atoms with E-state index in [0.717, 1.165) is 35.2 Å². The summed E-state index contributed by atoms with van der Waals surface area (Å²) < 4.78 is 1.59. The molecule has 0 amide bonds. The normalized spacial score (nSPS) is 14.0. The van der Waals surface area contributed by atoms with Gasteiger partial charge >= 0.3 is 0 Å². The fourth-order valence-corrected chi connectivity index (χ4v) is 4.54. The summed E-state index contributed by atoms with van der Waals surface area (Å²) in [6, 6.07) is 7.40. The van der Waals surface area contributed by atoms with Gasteiger partial charge in [-0.05, 0) is 49.4 Å². The Morgan fingerprint density at radius 3 is 2.96 bits per heavy atom. The number of fused-ring (bicyclic) bond motifs is 3. The Hall–Kier alpha value is -1.85. The van der Waals surface area contributed by atoms with Gasteiger partial charge in [-0.2, -0.15) is 0 Å². The highest BCUT2D eigenvalue weighted by Crippen LogP contribution is 2.34. The number of aromatic nitrogens is 2. The summed E-state index contributed by atoms with van der Waals surface area (Å²) in [4.78, 5) is 19.7. The van der Waals surface area contributed by atoms with Crippen LogP contribution in [0.5, 0.6) is 0 Å². The number of nitrogens with zero attached hydrogens (tertiary/aromatic N) is 2. The first-order chi connectivity index (χ1) is 11.1. The number of thiophene rings is 1. The molecule has 0 unspecified atom stereocenters. The molecule has 1 aliphatic rings. The van der Waals surface area contributed by atoms with Crippen LogP contribution in [0.4, 0.5) is 11.6 Å². The molecule has 1 aromatic carbocycles. The van der Waals surface area contributed by atoms with Crippen LogP contribution >= 0.6 is 22.9 Å². The lowest BCUT2D eigenvalue weighted by Crippen LogP contribution is -2.21. The maximum Gasteiger partial charge on any atom is 0.263 e. The lowest BCUT2D eigenvalue weighted by molar-refractivity contribution is 0.699. The predicted octanol–water partition coefficient (Wildman–Crippen LogP) is 4.27. The third-order valence-electron chi connectivity index (χ3n) is 4.28. The molecular weight excluding hydrogens is 330 g/mol. The van der Waals surface area contributed by atoms with Crippen LogP contribution in [-0.4, -0.2) is 9.55 Å². The molecule has 23 heavy (non-hydrogen) atoms. The number of nitrogens with one attached hydrogen (secondary N) is 1. The van der Waals surface area contributed by atoms with Gasteiger partial charge in [-0.25, -0.2) is 4.98 Å². The van der Waals surface area contributed by atoms with Crippen molar-refractivity contribution in [1.82, 2.24) is 9.55 Å². The topological polar surface area (TPSA) is 46.9 Å². The lowest BCUT2D eigenvalue weighted by atomic mass is 9.97. The largest absolute Gasteiger partial charge is 0.325 e. The molecule has 0 fully saturated rings. The molecule has 118 valence electrons. The number of rotatable bonds is 2. The molecule has 0 atom stereocenters. The Morgan fingerprint density at radius 2 is 2.13 bits per heavy atom. The lowest BCUT2D eigenvalue weighted by Gasteiger charge is -2.12. The van der Waals surface area contributed by atoms with Crippen LogP contribution in [0.15, 0.2) is 29.1 Å². The van der Waals surface area contributed by atoms with Gasteiger partial charge in [0.2, 0.25) is 5.95 Å². The molecular formula is C17H16ClN3OS. The molecule has 0 aliphatic heterocycles. The van der Waals surface area contributed by atoms with Crippen molar-refractivity contribution >= 4 is 44.8 Å². The summed E-state index contributed by atoms with van der Waals surface area (Å²) in [5.41, 5.74) is 2.07. The summed E-state index contributed by atoms with van der Waals surface area (Å²) in [6.45, 7) is 0. The second-order valence-electron chi connectivity index (χ2n) is 5.83. The summed E-state index contributed by atoms with van der Waals surface area (Å²) in [6.07, 6.45) is 4.42. The van der Waals surface area contributed by atoms with E-state index in [1.165, 1.54) is 16.9 Å². The average molecular weight is 346 g/mol. The third kappa shape index (κ3) is 2.54. The van der Waals surface area contributed by atoms with E-state index < -0.39 is 0 Å². The summed E-state index contributed by atoms with van der Waals surface area (Å²) >= 11 is 7.68. The van der Waals surface area contributed by atoms with E-state index >= 15 is 0 Å². The highest BCUT2D eigenvalue weighted by atomic mass is 35.5. The molecule has 1 N–H and O–H groups in total. The van der Waals surface area contributed by atoms with Gasteiger partial charge in [-0.3, -0.25) is 9.36 Å². The molecule has 0 saturated heterocycles. The van der Waals surface area contributed by atoms with Crippen LogP contribution in [0, 0.1) is 0 Å². The fourth-order valence-electron chi connectivity index (χ4n) is 3.09. The van der Waals surface area contributed by atoms with Gasteiger partial charge in [-0.15, -0.1) is 11.3 Å². The Kier molecular flexibility index (Phi) is 3.62. The SMILES string of the molecule is Cn1c(Nc2cccc(Cl)c2)nc2sc3c(c2c1=O)CCCC3. The summed E-state index contributed by atoms with van der Waals surface area (Å²) in [7, 11) is 1.76. The molecule has 2 heterocycles. The second-order valence-corrected chi connectivity index (χ2v) is 7.35.